The van der Waals surface area contributed by atoms with E-state index in [1.54, 1.807) is 3.82 Å². The standard InChI is InChI=1S/C6H14AsNO2/c1-4-8(5-2)7(10)6(3)9/h7H,4-5H2,1-3H3. The third-order valence-electron chi connectivity index (χ3n) is 1.35. The molecule has 0 heterocycles. The molecule has 0 aliphatic carbocycles. The Labute approximate surface area is 66.1 Å². The summed E-state index contributed by atoms with van der Waals surface area (Å²) in [7, 11) is 0. The van der Waals surface area contributed by atoms with E-state index in [4.69, 9.17) is 0 Å². The predicted molar refractivity (Wildman–Crippen MR) is 41.4 cm³/mol. The van der Waals surface area contributed by atoms with Gasteiger partial charge in [0.1, 0.15) is 0 Å². The van der Waals surface area contributed by atoms with Crippen LogP contribution in [-0.4, -0.2) is 36.3 Å². The second-order valence-electron chi connectivity index (χ2n) is 2.03. The molecule has 0 N–H and O–H groups in total. The Bertz CT molecular complexity index is 143. The summed E-state index contributed by atoms with van der Waals surface area (Å²) >= 11 is -2.70. The average Bonchev–Trinajstić information content (AvgIpc) is 1.90. The van der Waals surface area contributed by atoms with E-state index < -0.39 is 14.8 Å². The molecule has 0 aromatic heterocycles. The van der Waals surface area contributed by atoms with Crippen molar-refractivity contribution in [2.24, 2.45) is 0 Å². The van der Waals surface area contributed by atoms with Crippen molar-refractivity contribution >= 4 is 19.4 Å². The van der Waals surface area contributed by atoms with Crippen molar-refractivity contribution in [3.63, 3.8) is 0 Å². The summed E-state index contributed by atoms with van der Waals surface area (Å²) in [6.07, 6.45) is 0. The van der Waals surface area contributed by atoms with Crippen LogP contribution in [-0.2, 0) is 8.53 Å². The molecule has 4 heteroatoms. The quantitative estimate of drug-likeness (QED) is 0.614. The van der Waals surface area contributed by atoms with Gasteiger partial charge in [-0.15, -0.1) is 0 Å². The van der Waals surface area contributed by atoms with Crippen LogP contribution < -0.4 is 0 Å². The normalized spacial score (nSPS) is 13.6. The zero-order chi connectivity index (χ0) is 8.15. The molecule has 0 fully saturated rings. The second-order valence-corrected chi connectivity index (χ2v) is 6.12. The SMILES string of the molecule is CCN(CC)[AsH](=O)C(C)=O. The van der Waals surface area contributed by atoms with Crippen LogP contribution >= 0.6 is 0 Å². The van der Waals surface area contributed by atoms with E-state index in [-0.39, 0.29) is 4.57 Å². The second kappa shape index (κ2) is 4.75. The third kappa shape index (κ3) is 2.71. The van der Waals surface area contributed by atoms with Gasteiger partial charge in [0.2, 0.25) is 0 Å². The van der Waals surface area contributed by atoms with E-state index in [0.29, 0.717) is 0 Å². The Morgan fingerprint density at radius 1 is 1.40 bits per heavy atom. The van der Waals surface area contributed by atoms with Crippen LogP contribution in [0.25, 0.3) is 0 Å². The van der Waals surface area contributed by atoms with E-state index in [0.717, 1.165) is 13.1 Å². The molecule has 0 aromatic rings. The summed E-state index contributed by atoms with van der Waals surface area (Å²) in [6, 6.07) is 0. The zero-order valence-electron chi connectivity index (χ0n) is 6.68. The van der Waals surface area contributed by atoms with Crippen molar-refractivity contribution in [2.75, 3.05) is 13.1 Å². The molecule has 0 spiro atoms. The van der Waals surface area contributed by atoms with Crippen LogP contribution in [0.2, 0.25) is 0 Å². The van der Waals surface area contributed by atoms with Crippen LogP contribution in [0.5, 0.6) is 0 Å². The fraction of sp³-hybridized carbons (Fsp3) is 0.833. The van der Waals surface area contributed by atoms with E-state index in [1.807, 2.05) is 13.8 Å². The van der Waals surface area contributed by atoms with Gasteiger partial charge in [-0.05, 0) is 0 Å². The summed E-state index contributed by atoms with van der Waals surface area (Å²) in [6.45, 7) is 6.67. The summed E-state index contributed by atoms with van der Waals surface area (Å²) in [4.78, 5) is 10.6. The van der Waals surface area contributed by atoms with Crippen LogP contribution in [0.4, 0.5) is 0 Å². The molecule has 0 aliphatic rings. The van der Waals surface area contributed by atoms with Crippen LogP contribution in [0.1, 0.15) is 20.8 Å². The number of hydrogen-bond donors (Lipinski definition) is 0. The number of carbonyl (C=O) groups excluding carboxylic acids is 1. The molecule has 0 aliphatic heterocycles. The van der Waals surface area contributed by atoms with Gasteiger partial charge in [-0.3, -0.25) is 0 Å². The van der Waals surface area contributed by atoms with Gasteiger partial charge < -0.3 is 0 Å². The molecule has 10 heavy (non-hydrogen) atoms. The first-order chi connectivity index (χ1) is 4.63. The van der Waals surface area contributed by atoms with Gasteiger partial charge in [-0.1, -0.05) is 0 Å². The Kier molecular flexibility index (Phi) is 4.74. The van der Waals surface area contributed by atoms with E-state index in [2.05, 4.69) is 0 Å². The predicted octanol–water partition coefficient (Wildman–Crippen LogP) is 0.107. The Hall–Kier alpha value is -0.0116. The topological polar surface area (TPSA) is 37.4 Å². The molecule has 3 nitrogen and oxygen atoms in total. The third-order valence-corrected chi connectivity index (χ3v) is 5.15. The van der Waals surface area contributed by atoms with Gasteiger partial charge >= 0.3 is 65.6 Å². The minimum absolute atomic E-state index is 0.135. The minimum atomic E-state index is -2.70. The summed E-state index contributed by atoms with van der Waals surface area (Å²) < 4.78 is 12.7. The van der Waals surface area contributed by atoms with Crippen LogP contribution in [0.3, 0.4) is 0 Å². The Morgan fingerprint density at radius 3 is 1.90 bits per heavy atom. The maximum absolute atomic E-state index is 11.1. The van der Waals surface area contributed by atoms with Gasteiger partial charge in [-0.25, -0.2) is 0 Å². The van der Waals surface area contributed by atoms with Crippen molar-refractivity contribution in [3.8, 4) is 0 Å². The molecular weight excluding hydrogens is 193 g/mol. The summed E-state index contributed by atoms with van der Waals surface area (Å²) in [5.74, 6) is 0. The molecule has 1 atom stereocenters. The van der Waals surface area contributed by atoms with Crippen molar-refractivity contribution in [3.05, 3.63) is 0 Å². The molecule has 0 bridgehead atoms. The molecule has 60 valence electrons. The first kappa shape index (κ1) is 9.99. The van der Waals surface area contributed by atoms with Crippen molar-refractivity contribution < 1.29 is 8.53 Å². The molecule has 0 saturated carbocycles. The maximum atomic E-state index is 11.1. The molecule has 0 saturated heterocycles. The first-order valence-electron chi connectivity index (χ1n) is 3.43. The van der Waals surface area contributed by atoms with Crippen molar-refractivity contribution in [2.45, 2.75) is 20.8 Å². The molecule has 0 radical (unpaired) electrons. The van der Waals surface area contributed by atoms with E-state index in [9.17, 15) is 8.53 Å². The molecule has 0 amide bonds. The van der Waals surface area contributed by atoms with Gasteiger partial charge in [0.05, 0.1) is 0 Å². The fourth-order valence-electron chi connectivity index (χ4n) is 0.733. The fourth-order valence-corrected chi connectivity index (χ4v) is 2.87. The average molecular weight is 207 g/mol. The zero-order valence-corrected chi connectivity index (χ0v) is 8.78. The van der Waals surface area contributed by atoms with Crippen molar-refractivity contribution in [1.82, 2.24) is 3.82 Å². The van der Waals surface area contributed by atoms with Gasteiger partial charge in [0.15, 0.2) is 0 Å². The van der Waals surface area contributed by atoms with Crippen LogP contribution in [0, 0.1) is 0 Å². The molecule has 1 unspecified atom stereocenters. The molecular formula is C6H14AsNO2. The summed E-state index contributed by atoms with van der Waals surface area (Å²) in [5.41, 5.74) is 0. The monoisotopic (exact) mass is 207 g/mol. The number of rotatable bonds is 4. The Morgan fingerprint density at radius 2 is 1.80 bits per heavy atom. The van der Waals surface area contributed by atoms with Crippen LogP contribution in [0.15, 0.2) is 0 Å². The first-order valence-corrected chi connectivity index (χ1v) is 6.27. The molecule has 0 aromatic carbocycles. The molecule has 0 rings (SSSR count). The number of carbonyl (C=O) groups is 1. The Balaban J connectivity index is 4.02. The van der Waals surface area contributed by atoms with E-state index >= 15 is 0 Å². The van der Waals surface area contributed by atoms with E-state index in [1.165, 1.54) is 6.92 Å². The number of hydrogen-bond acceptors (Lipinski definition) is 2. The summed E-state index contributed by atoms with van der Waals surface area (Å²) in [5, 5.41) is 0. The van der Waals surface area contributed by atoms with Crippen molar-refractivity contribution in [1.29, 1.82) is 0 Å². The number of nitrogens with zero attached hydrogens (tertiary/aromatic N) is 1. The van der Waals surface area contributed by atoms with Gasteiger partial charge in [0.25, 0.3) is 0 Å². The van der Waals surface area contributed by atoms with Gasteiger partial charge in [-0.2, -0.15) is 0 Å². The van der Waals surface area contributed by atoms with Gasteiger partial charge in [0, 0.05) is 0 Å².